The van der Waals surface area contributed by atoms with Crippen molar-refractivity contribution in [3.8, 4) is 0 Å². The Bertz CT molecular complexity index is 901. The minimum absolute atomic E-state index is 0.0182. The largest absolute Gasteiger partial charge is 0.392 e. The van der Waals surface area contributed by atoms with Crippen molar-refractivity contribution in [2.45, 2.75) is 52.3 Å². The number of hydrogen-bond donors (Lipinski definition) is 1. The van der Waals surface area contributed by atoms with Crippen LogP contribution in [-0.4, -0.2) is 29.7 Å². The van der Waals surface area contributed by atoms with Crippen LogP contribution in [0.3, 0.4) is 0 Å². The third-order valence-corrected chi connectivity index (χ3v) is 9.55. The van der Waals surface area contributed by atoms with Gasteiger partial charge in [0.25, 0.3) is 0 Å². The van der Waals surface area contributed by atoms with Gasteiger partial charge in [-0.25, -0.2) is 8.42 Å². The molecule has 2 fully saturated rings. The molecule has 0 spiro atoms. The zero-order valence-electron chi connectivity index (χ0n) is 17.3. The summed E-state index contributed by atoms with van der Waals surface area (Å²) in [6, 6.07) is 19.5. The van der Waals surface area contributed by atoms with Crippen molar-refractivity contribution in [1.29, 1.82) is 0 Å². The average molecular weight is 414 g/mol. The van der Waals surface area contributed by atoms with Crippen LogP contribution < -0.4 is 0 Å². The van der Waals surface area contributed by atoms with E-state index >= 15 is 0 Å². The topological polar surface area (TPSA) is 57.6 Å². The summed E-state index contributed by atoms with van der Waals surface area (Å²) < 4.78 is 29.1. The van der Waals surface area contributed by atoms with Gasteiger partial charge in [0, 0.05) is 18.5 Å². The maximum absolute atomic E-state index is 13.7. The van der Waals surface area contributed by atoms with Gasteiger partial charge in [-0.1, -0.05) is 74.5 Å². The fourth-order valence-corrected chi connectivity index (χ4v) is 7.86. The molecule has 0 aromatic heterocycles. The molecule has 0 saturated heterocycles. The van der Waals surface area contributed by atoms with Gasteiger partial charge < -0.3 is 5.11 Å². The van der Waals surface area contributed by atoms with Crippen LogP contribution in [-0.2, 0) is 23.1 Å². The molecule has 2 aromatic rings. The van der Waals surface area contributed by atoms with E-state index in [-0.39, 0.29) is 11.2 Å². The highest BCUT2D eigenvalue weighted by Gasteiger charge is 2.65. The second-order valence-corrected chi connectivity index (χ2v) is 11.3. The monoisotopic (exact) mass is 413 g/mol. The number of aliphatic hydroxyl groups excluding tert-OH is 1. The first-order valence-corrected chi connectivity index (χ1v) is 12.1. The molecular formula is C24H31NO3S. The van der Waals surface area contributed by atoms with Crippen molar-refractivity contribution in [2.24, 2.45) is 16.7 Å². The Hall–Kier alpha value is -1.69. The molecule has 2 aliphatic rings. The van der Waals surface area contributed by atoms with Crippen LogP contribution >= 0.6 is 0 Å². The first kappa shape index (κ1) is 20.6. The van der Waals surface area contributed by atoms with E-state index in [1.165, 1.54) is 0 Å². The Morgan fingerprint density at radius 1 is 0.966 bits per heavy atom. The third-order valence-electron chi connectivity index (χ3n) is 7.63. The number of rotatable bonds is 7. The second-order valence-electron chi connectivity index (χ2n) is 9.36. The van der Waals surface area contributed by atoms with Gasteiger partial charge in [0.1, 0.15) is 0 Å². The minimum Gasteiger partial charge on any atom is -0.392 e. The lowest BCUT2D eigenvalue weighted by Gasteiger charge is -2.41. The molecule has 4 nitrogen and oxygen atoms in total. The van der Waals surface area contributed by atoms with Gasteiger partial charge in [-0.2, -0.15) is 4.31 Å². The van der Waals surface area contributed by atoms with Gasteiger partial charge >= 0.3 is 0 Å². The van der Waals surface area contributed by atoms with Gasteiger partial charge in [-0.15, -0.1) is 0 Å². The molecule has 2 aromatic carbocycles. The van der Waals surface area contributed by atoms with Crippen LogP contribution in [0.2, 0.25) is 0 Å². The van der Waals surface area contributed by atoms with Crippen molar-refractivity contribution in [2.75, 3.05) is 5.75 Å². The number of hydrogen-bond acceptors (Lipinski definition) is 3. The van der Waals surface area contributed by atoms with E-state index in [4.69, 9.17) is 0 Å². The minimum atomic E-state index is -3.58. The lowest BCUT2D eigenvalue weighted by atomic mass is 9.70. The van der Waals surface area contributed by atoms with E-state index in [0.29, 0.717) is 19.0 Å². The van der Waals surface area contributed by atoms with E-state index in [9.17, 15) is 13.5 Å². The van der Waals surface area contributed by atoms with Gasteiger partial charge in [-0.3, -0.25) is 0 Å². The molecule has 0 radical (unpaired) electrons. The summed E-state index contributed by atoms with van der Waals surface area (Å²) in [4.78, 5) is 0. The van der Waals surface area contributed by atoms with Crippen LogP contribution in [0.25, 0.3) is 0 Å². The Labute approximate surface area is 174 Å². The van der Waals surface area contributed by atoms with Crippen molar-refractivity contribution < 1.29 is 13.5 Å². The summed E-state index contributed by atoms with van der Waals surface area (Å²) in [6.07, 6.45) is 1.98. The van der Waals surface area contributed by atoms with Gasteiger partial charge in [0.2, 0.25) is 10.0 Å². The number of aliphatic hydroxyl groups is 1. The second kappa shape index (κ2) is 7.53. The summed E-state index contributed by atoms with van der Waals surface area (Å²) >= 11 is 0. The zero-order valence-corrected chi connectivity index (χ0v) is 18.1. The molecule has 0 amide bonds. The Kier molecular flexibility index (Phi) is 5.34. The molecule has 4 rings (SSSR count). The summed E-state index contributed by atoms with van der Waals surface area (Å²) in [6.45, 7) is 4.98. The highest BCUT2D eigenvalue weighted by molar-refractivity contribution is 7.89. The third kappa shape index (κ3) is 3.65. The van der Waals surface area contributed by atoms with Crippen molar-refractivity contribution in [3.63, 3.8) is 0 Å². The summed E-state index contributed by atoms with van der Waals surface area (Å²) in [5.74, 6) is 0.425. The highest BCUT2D eigenvalue weighted by Crippen LogP contribution is 2.66. The van der Waals surface area contributed by atoms with Crippen LogP contribution in [0.15, 0.2) is 60.7 Å². The molecule has 0 heterocycles. The molecule has 2 bridgehead atoms. The summed E-state index contributed by atoms with van der Waals surface area (Å²) in [7, 11) is -3.58. The first-order valence-electron chi connectivity index (χ1n) is 10.5. The molecule has 0 aliphatic heterocycles. The van der Waals surface area contributed by atoms with E-state index in [0.717, 1.165) is 30.4 Å². The molecular weight excluding hydrogens is 382 g/mol. The first-order chi connectivity index (χ1) is 13.7. The predicted octanol–water partition coefficient (Wildman–Crippen LogP) is 4.21. The molecule has 156 valence electrons. The van der Waals surface area contributed by atoms with Crippen LogP contribution in [0.1, 0.15) is 44.2 Å². The number of sulfonamides is 1. The molecule has 1 N–H and O–H groups in total. The Morgan fingerprint density at radius 3 is 1.90 bits per heavy atom. The normalized spacial score (nSPS) is 28.1. The van der Waals surface area contributed by atoms with E-state index < -0.39 is 21.5 Å². The van der Waals surface area contributed by atoms with Gasteiger partial charge in [0.15, 0.2) is 0 Å². The average Bonchev–Trinajstić information content (AvgIpc) is 3.03. The molecule has 29 heavy (non-hydrogen) atoms. The standard InChI is InChI=1S/C24H31NO3S/c1-23(2)21-13-14-24(23,22(26)15-21)18-29(27,28)25(16-19-9-5-3-6-10-19)17-20-11-7-4-8-12-20/h3-12,21-22,26H,13-18H2,1-2H3/t21-,22?,24-/m1/s1. The number of benzene rings is 2. The fourth-order valence-electron chi connectivity index (χ4n) is 5.62. The number of fused-ring (bicyclic) bond motifs is 2. The summed E-state index contributed by atoms with van der Waals surface area (Å²) in [5.41, 5.74) is 1.23. The molecule has 5 heteroatoms. The quantitative estimate of drug-likeness (QED) is 0.740. The Balaban J connectivity index is 1.65. The molecule has 2 aliphatic carbocycles. The maximum Gasteiger partial charge on any atom is 0.215 e. The predicted molar refractivity (Wildman–Crippen MR) is 115 cm³/mol. The van der Waals surface area contributed by atoms with Crippen LogP contribution in [0, 0.1) is 16.7 Å². The SMILES string of the molecule is CC1(C)[C@@H]2CC[C@@]1(CS(=O)(=O)N(Cc1ccccc1)Cc1ccccc1)C(O)C2. The summed E-state index contributed by atoms with van der Waals surface area (Å²) in [5, 5.41) is 10.8. The van der Waals surface area contributed by atoms with Crippen molar-refractivity contribution in [1.82, 2.24) is 4.31 Å². The van der Waals surface area contributed by atoms with Crippen molar-refractivity contribution in [3.05, 3.63) is 71.8 Å². The van der Waals surface area contributed by atoms with Crippen molar-refractivity contribution >= 4 is 10.0 Å². The zero-order chi connectivity index (χ0) is 20.7. The maximum atomic E-state index is 13.7. The fraction of sp³-hybridized carbons (Fsp3) is 0.500. The van der Waals surface area contributed by atoms with Crippen LogP contribution in [0.5, 0.6) is 0 Å². The lowest BCUT2D eigenvalue weighted by Crippen LogP contribution is -2.48. The van der Waals surface area contributed by atoms with Crippen LogP contribution in [0.4, 0.5) is 0 Å². The number of nitrogens with zero attached hydrogens (tertiary/aromatic N) is 1. The van der Waals surface area contributed by atoms with Gasteiger partial charge in [0.05, 0.1) is 11.9 Å². The Morgan fingerprint density at radius 2 is 1.48 bits per heavy atom. The molecule has 2 saturated carbocycles. The van der Waals surface area contributed by atoms with E-state index in [2.05, 4.69) is 13.8 Å². The smallest absolute Gasteiger partial charge is 0.215 e. The van der Waals surface area contributed by atoms with E-state index in [1.807, 2.05) is 60.7 Å². The highest BCUT2D eigenvalue weighted by atomic mass is 32.2. The molecule has 1 unspecified atom stereocenters. The van der Waals surface area contributed by atoms with Gasteiger partial charge in [-0.05, 0) is 41.7 Å². The lowest BCUT2D eigenvalue weighted by molar-refractivity contribution is 0.0144. The molecule has 3 atom stereocenters. The van der Waals surface area contributed by atoms with E-state index in [1.54, 1.807) is 4.31 Å².